The topological polar surface area (TPSA) is 63.9 Å². The molecule has 96 valence electrons. The van der Waals surface area contributed by atoms with Crippen molar-refractivity contribution in [3.8, 4) is 17.6 Å². The third-order valence-electron chi connectivity index (χ3n) is 2.55. The fourth-order valence-corrected chi connectivity index (χ4v) is 1.90. The average Bonchev–Trinajstić information content (AvgIpc) is 2.83. The van der Waals surface area contributed by atoms with Crippen LogP contribution < -0.4 is 4.74 Å². The molecule has 7 heteroatoms. The predicted molar refractivity (Wildman–Crippen MR) is 68.9 cm³/mol. The van der Waals surface area contributed by atoms with E-state index < -0.39 is 5.82 Å². The number of hydrogen-bond donors (Lipinski definition) is 1. The number of aromatic nitrogens is 3. The van der Waals surface area contributed by atoms with E-state index in [1.165, 1.54) is 13.2 Å². The van der Waals surface area contributed by atoms with Crippen LogP contribution in [0.25, 0.3) is 22.6 Å². The predicted octanol–water partition coefficient (Wildman–Crippen LogP) is 3.10. The van der Waals surface area contributed by atoms with Crippen molar-refractivity contribution in [2.24, 2.45) is 0 Å². The van der Waals surface area contributed by atoms with Gasteiger partial charge in [0.2, 0.25) is 4.77 Å². The van der Waals surface area contributed by atoms with E-state index in [1.54, 1.807) is 18.2 Å². The molecular formula is C12H8FN3O2S. The molecule has 0 amide bonds. The van der Waals surface area contributed by atoms with Crippen LogP contribution in [-0.2, 0) is 0 Å². The Morgan fingerprint density at radius 3 is 2.95 bits per heavy atom. The lowest BCUT2D eigenvalue weighted by atomic mass is 10.2. The van der Waals surface area contributed by atoms with Crippen molar-refractivity contribution in [3.05, 3.63) is 34.9 Å². The molecule has 0 aliphatic carbocycles. The molecule has 5 nitrogen and oxygen atoms in total. The number of halogens is 1. The van der Waals surface area contributed by atoms with Crippen LogP contribution >= 0.6 is 12.2 Å². The summed E-state index contributed by atoms with van der Waals surface area (Å²) in [5, 5.41) is 0.645. The minimum absolute atomic E-state index is 0.117. The number of benzene rings is 1. The van der Waals surface area contributed by atoms with Crippen LogP contribution in [0.15, 0.2) is 28.7 Å². The minimum Gasteiger partial charge on any atom is -0.468 e. The maximum atomic E-state index is 13.6. The number of nitrogens with one attached hydrogen (secondary N) is 1. The van der Waals surface area contributed by atoms with Crippen LogP contribution in [-0.4, -0.2) is 22.1 Å². The first-order valence-electron chi connectivity index (χ1n) is 5.38. The molecule has 0 saturated carbocycles. The summed E-state index contributed by atoms with van der Waals surface area (Å²) in [7, 11) is 1.45. The average molecular weight is 277 g/mol. The molecule has 0 bridgehead atoms. The highest BCUT2D eigenvalue weighted by atomic mass is 32.1. The lowest BCUT2D eigenvalue weighted by Crippen LogP contribution is -1.96. The van der Waals surface area contributed by atoms with E-state index in [-0.39, 0.29) is 16.4 Å². The number of aromatic amines is 1. The quantitative estimate of drug-likeness (QED) is 0.729. The Hall–Kier alpha value is -2.28. The molecule has 2 aromatic heterocycles. The largest absolute Gasteiger partial charge is 0.468 e. The van der Waals surface area contributed by atoms with Crippen molar-refractivity contribution in [3.63, 3.8) is 0 Å². The van der Waals surface area contributed by atoms with E-state index in [9.17, 15) is 4.39 Å². The monoisotopic (exact) mass is 277 g/mol. The Labute approximate surface area is 112 Å². The molecule has 0 fully saturated rings. The molecule has 0 atom stereocenters. The molecule has 3 aromatic rings. The van der Waals surface area contributed by atoms with Crippen molar-refractivity contribution in [1.29, 1.82) is 0 Å². The summed E-state index contributed by atoms with van der Waals surface area (Å²) in [6.07, 6.45) is 0. The molecule has 0 radical (unpaired) electrons. The van der Waals surface area contributed by atoms with Gasteiger partial charge < -0.3 is 9.15 Å². The van der Waals surface area contributed by atoms with Crippen molar-refractivity contribution in [1.82, 2.24) is 15.0 Å². The highest BCUT2D eigenvalue weighted by molar-refractivity contribution is 7.71. The fourth-order valence-electron chi connectivity index (χ4n) is 1.72. The van der Waals surface area contributed by atoms with E-state index in [0.717, 1.165) is 0 Å². The van der Waals surface area contributed by atoms with Crippen LogP contribution in [0.4, 0.5) is 4.39 Å². The van der Waals surface area contributed by atoms with Gasteiger partial charge in [0, 0.05) is 5.39 Å². The number of furan rings is 1. The second-order valence-corrected chi connectivity index (χ2v) is 4.12. The molecule has 0 saturated heterocycles. The van der Waals surface area contributed by atoms with Crippen LogP contribution in [0, 0.1) is 10.6 Å². The SMILES string of the molecule is COc1nc(=S)nc(-c2cc3cccc(F)c3o2)[nH]1. The Morgan fingerprint density at radius 2 is 2.21 bits per heavy atom. The molecule has 0 unspecified atom stereocenters. The highest BCUT2D eigenvalue weighted by Gasteiger charge is 2.12. The van der Waals surface area contributed by atoms with Gasteiger partial charge in [0.05, 0.1) is 7.11 Å². The Morgan fingerprint density at radius 1 is 1.37 bits per heavy atom. The number of fused-ring (bicyclic) bond motifs is 1. The summed E-state index contributed by atoms with van der Waals surface area (Å²) >= 11 is 4.92. The van der Waals surface area contributed by atoms with Gasteiger partial charge in [0.1, 0.15) is 0 Å². The molecule has 0 aliphatic heterocycles. The normalized spacial score (nSPS) is 10.8. The number of rotatable bonds is 2. The van der Waals surface area contributed by atoms with Crippen LogP contribution in [0.2, 0.25) is 0 Å². The summed E-state index contributed by atoms with van der Waals surface area (Å²) < 4.78 is 24.1. The molecule has 0 aliphatic rings. The van der Waals surface area contributed by atoms with Gasteiger partial charge >= 0.3 is 0 Å². The van der Waals surface area contributed by atoms with Gasteiger partial charge in [0.15, 0.2) is 23.0 Å². The Balaban J connectivity index is 2.21. The van der Waals surface area contributed by atoms with Crippen LogP contribution in [0.1, 0.15) is 0 Å². The molecule has 1 N–H and O–H groups in total. The lowest BCUT2D eigenvalue weighted by Gasteiger charge is -2.00. The van der Waals surface area contributed by atoms with Crippen molar-refractivity contribution < 1.29 is 13.5 Å². The number of hydrogen-bond acceptors (Lipinski definition) is 5. The molecule has 2 heterocycles. The second kappa shape index (κ2) is 4.43. The third kappa shape index (κ3) is 2.08. The number of methoxy groups -OCH3 is 1. The Kier molecular flexibility index (Phi) is 2.75. The fraction of sp³-hybridized carbons (Fsp3) is 0.0833. The van der Waals surface area contributed by atoms with E-state index in [2.05, 4.69) is 15.0 Å². The summed E-state index contributed by atoms with van der Waals surface area (Å²) in [4.78, 5) is 10.7. The van der Waals surface area contributed by atoms with Gasteiger partial charge in [0.25, 0.3) is 6.01 Å². The van der Waals surface area contributed by atoms with Crippen molar-refractivity contribution in [2.75, 3.05) is 7.11 Å². The van der Waals surface area contributed by atoms with Gasteiger partial charge in [-0.1, -0.05) is 12.1 Å². The number of ether oxygens (including phenoxy) is 1. The smallest absolute Gasteiger partial charge is 0.297 e. The number of nitrogens with zero attached hydrogens (tertiary/aromatic N) is 2. The molecule has 19 heavy (non-hydrogen) atoms. The first kappa shape index (κ1) is 11.8. The molecular weight excluding hydrogens is 269 g/mol. The van der Waals surface area contributed by atoms with E-state index in [0.29, 0.717) is 17.0 Å². The first-order chi connectivity index (χ1) is 9.17. The summed E-state index contributed by atoms with van der Waals surface area (Å²) in [5.41, 5.74) is 0.175. The molecule has 0 spiro atoms. The molecule has 1 aromatic carbocycles. The molecule has 3 rings (SSSR count). The lowest BCUT2D eigenvalue weighted by molar-refractivity contribution is 0.377. The van der Waals surface area contributed by atoms with Gasteiger partial charge in [-0.2, -0.15) is 9.97 Å². The third-order valence-corrected chi connectivity index (χ3v) is 2.74. The second-order valence-electron chi connectivity index (χ2n) is 3.76. The van der Waals surface area contributed by atoms with Gasteiger partial charge in [-0.25, -0.2) is 4.39 Å². The summed E-state index contributed by atoms with van der Waals surface area (Å²) in [6.45, 7) is 0. The maximum Gasteiger partial charge on any atom is 0.297 e. The maximum absolute atomic E-state index is 13.6. The standard InChI is InChI=1S/C12H8FN3O2S/c1-17-11-14-10(15-12(19)16-11)8-5-6-3-2-4-7(13)9(6)18-8/h2-5H,1H3,(H,14,15,16,19). The van der Waals surface area contributed by atoms with Gasteiger partial charge in [-0.15, -0.1) is 0 Å². The van der Waals surface area contributed by atoms with E-state index in [4.69, 9.17) is 21.4 Å². The Bertz CT molecular complexity index is 812. The highest BCUT2D eigenvalue weighted by Crippen LogP contribution is 2.27. The summed E-state index contributed by atoms with van der Waals surface area (Å²) in [6, 6.07) is 6.58. The number of para-hydroxylation sites is 1. The zero-order valence-corrected chi connectivity index (χ0v) is 10.6. The van der Waals surface area contributed by atoms with E-state index in [1.807, 2.05) is 0 Å². The van der Waals surface area contributed by atoms with E-state index >= 15 is 0 Å². The van der Waals surface area contributed by atoms with Crippen LogP contribution in [0.3, 0.4) is 0 Å². The van der Waals surface area contributed by atoms with Crippen molar-refractivity contribution >= 4 is 23.2 Å². The zero-order chi connectivity index (χ0) is 13.4. The van der Waals surface area contributed by atoms with Crippen molar-refractivity contribution in [2.45, 2.75) is 0 Å². The minimum atomic E-state index is -0.427. The van der Waals surface area contributed by atoms with Gasteiger partial charge in [-0.3, -0.25) is 4.98 Å². The first-order valence-corrected chi connectivity index (χ1v) is 5.79. The van der Waals surface area contributed by atoms with Gasteiger partial charge in [-0.05, 0) is 24.4 Å². The zero-order valence-electron chi connectivity index (χ0n) is 9.81. The number of H-pyrrole nitrogens is 1. The summed E-state index contributed by atoms with van der Waals surface area (Å²) in [5.74, 6) is 0.280. The van der Waals surface area contributed by atoms with Crippen LogP contribution in [0.5, 0.6) is 6.01 Å².